The number of thiazole rings is 1. The third kappa shape index (κ3) is 4.46. The van der Waals surface area contributed by atoms with Gasteiger partial charge in [0.2, 0.25) is 0 Å². The van der Waals surface area contributed by atoms with E-state index < -0.39 is 26.7 Å². The van der Waals surface area contributed by atoms with Gasteiger partial charge >= 0.3 is 0 Å². The summed E-state index contributed by atoms with van der Waals surface area (Å²) >= 11 is 13.3. The molecule has 3 aromatic rings. The van der Waals surface area contributed by atoms with E-state index in [1.807, 2.05) is 4.90 Å². The molecule has 1 aliphatic rings. The first-order valence-corrected chi connectivity index (χ1v) is 12.3. The Hall–Kier alpha value is -1.74. The molecule has 30 heavy (non-hydrogen) atoms. The SMILES string of the molecule is O=S(=O)(c1cc(Cl)cc(Cl)c1)C1CCN(c2nc(-c3cc(F)cc(F)c3)cs2)CC1. The van der Waals surface area contributed by atoms with Crippen LogP contribution in [0, 0.1) is 11.6 Å². The van der Waals surface area contributed by atoms with Gasteiger partial charge in [-0.2, -0.15) is 0 Å². The minimum absolute atomic E-state index is 0.128. The van der Waals surface area contributed by atoms with Crippen molar-refractivity contribution in [2.75, 3.05) is 18.0 Å². The second-order valence-corrected chi connectivity index (χ2v) is 10.9. The Balaban J connectivity index is 1.48. The maximum atomic E-state index is 13.5. The molecule has 0 N–H and O–H groups in total. The largest absolute Gasteiger partial charge is 0.348 e. The molecule has 4 nitrogen and oxygen atoms in total. The van der Waals surface area contributed by atoms with E-state index in [0.717, 1.165) is 6.07 Å². The highest BCUT2D eigenvalue weighted by molar-refractivity contribution is 7.92. The molecule has 0 aliphatic carbocycles. The second-order valence-electron chi connectivity index (χ2n) is 7.01. The number of piperidine rings is 1. The lowest BCUT2D eigenvalue weighted by atomic mass is 10.1. The minimum atomic E-state index is -3.56. The van der Waals surface area contributed by atoms with Gasteiger partial charge in [0.15, 0.2) is 15.0 Å². The third-order valence-corrected chi connectivity index (χ3v) is 8.55. The van der Waals surface area contributed by atoms with Crippen LogP contribution in [0.15, 0.2) is 46.7 Å². The van der Waals surface area contributed by atoms with Crippen LogP contribution in [0.5, 0.6) is 0 Å². The zero-order valence-electron chi connectivity index (χ0n) is 15.5. The fourth-order valence-electron chi connectivity index (χ4n) is 3.49. The van der Waals surface area contributed by atoms with E-state index in [-0.39, 0.29) is 14.9 Å². The summed E-state index contributed by atoms with van der Waals surface area (Å²) in [7, 11) is -3.56. The normalized spacial score (nSPS) is 15.5. The van der Waals surface area contributed by atoms with Gasteiger partial charge in [-0.05, 0) is 43.2 Å². The quantitative estimate of drug-likeness (QED) is 0.462. The highest BCUT2D eigenvalue weighted by Gasteiger charge is 2.32. The van der Waals surface area contributed by atoms with Gasteiger partial charge in [-0.3, -0.25) is 0 Å². The molecule has 0 amide bonds. The Morgan fingerprint density at radius 3 is 2.17 bits per heavy atom. The number of rotatable bonds is 4. The molecule has 2 aromatic carbocycles. The molecule has 158 valence electrons. The molecule has 1 fully saturated rings. The van der Waals surface area contributed by atoms with E-state index in [1.54, 1.807) is 5.38 Å². The van der Waals surface area contributed by atoms with E-state index >= 15 is 0 Å². The number of hydrogen-bond acceptors (Lipinski definition) is 5. The summed E-state index contributed by atoms with van der Waals surface area (Å²) in [6, 6.07) is 7.61. The lowest BCUT2D eigenvalue weighted by molar-refractivity contribution is 0.529. The van der Waals surface area contributed by atoms with Gasteiger partial charge in [0, 0.05) is 40.1 Å². The smallest absolute Gasteiger partial charge is 0.185 e. The van der Waals surface area contributed by atoms with Crippen molar-refractivity contribution in [1.29, 1.82) is 0 Å². The predicted octanol–water partition coefficient (Wildman–Crippen LogP) is 5.84. The molecular formula is C20H16Cl2F2N2O2S2. The van der Waals surface area contributed by atoms with E-state index in [2.05, 4.69) is 4.98 Å². The van der Waals surface area contributed by atoms with Crippen molar-refractivity contribution in [2.45, 2.75) is 23.0 Å². The molecule has 1 aromatic heterocycles. The fourth-order valence-corrected chi connectivity index (χ4v) is 6.83. The van der Waals surface area contributed by atoms with Crippen LogP contribution >= 0.6 is 34.5 Å². The van der Waals surface area contributed by atoms with Crippen LogP contribution in [0.25, 0.3) is 11.3 Å². The van der Waals surface area contributed by atoms with Crippen molar-refractivity contribution in [3.05, 3.63) is 63.5 Å². The lowest BCUT2D eigenvalue weighted by Gasteiger charge is -2.31. The molecule has 0 atom stereocenters. The Kier molecular flexibility index (Phi) is 6.03. The van der Waals surface area contributed by atoms with Crippen LogP contribution in [0.2, 0.25) is 10.0 Å². The number of aromatic nitrogens is 1. The van der Waals surface area contributed by atoms with Crippen molar-refractivity contribution < 1.29 is 17.2 Å². The van der Waals surface area contributed by atoms with Crippen molar-refractivity contribution in [2.24, 2.45) is 0 Å². The van der Waals surface area contributed by atoms with Crippen molar-refractivity contribution >= 4 is 49.5 Å². The number of nitrogens with zero attached hydrogens (tertiary/aromatic N) is 2. The lowest BCUT2D eigenvalue weighted by Crippen LogP contribution is -2.39. The van der Waals surface area contributed by atoms with Crippen molar-refractivity contribution in [3.63, 3.8) is 0 Å². The Bertz CT molecular complexity index is 1150. The van der Waals surface area contributed by atoms with Gasteiger partial charge in [-0.25, -0.2) is 22.2 Å². The van der Waals surface area contributed by atoms with E-state index in [9.17, 15) is 17.2 Å². The van der Waals surface area contributed by atoms with E-state index in [0.29, 0.717) is 42.3 Å². The first kappa shape index (κ1) is 21.5. The first-order valence-electron chi connectivity index (χ1n) is 9.09. The molecule has 4 rings (SSSR count). The topological polar surface area (TPSA) is 50.3 Å². The molecule has 0 saturated carbocycles. The Labute approximate surface area is 187 Å². The van der Waals surface area contributed by atoms with Crippen LogP contribution < -0.4 is 4.90 Å². The van der Waals surface area contributed by atoms with Crippen LogP contribution in [0.3, 0.4) is 0 Å². The van der Waals surface area contributed by atoms with Gasteiger partial charge in [-0.1, -0.05) is 23.2 Å². The summed E-state index contributed by atoms with van der Waals surface area (Å²) in [5.74, 6) is -1.32. The zero-order chi connectivity index (χ0) is 21.5. The fraction of sp³-hybridized carbons (Fsp3) is 0.250. The maximum absolute atomic E-state index is 13.5. The Morgan fingerprint density at radius 1 is 0.967 bits per heavy atom. The first-order chi connectivity index (χ1) is 14.2. The molecule has 10 heteroatoms. The molecule has 2 heterocycles. The highest BCUT2D eigenvalue weighted by atomic mass is 35.5. The van der Waals surface area contributed by atoms with E-state index in [4.69, 9.17) is 23.2 Å². The average Bonchev–Trinajstić information content (AvgIpc) is 3.17. The summed E-state index contributed by atoms with van der Waals surface area (Å²) in [4.78, 5) is 6.60. The summed E-state index contributed by atoms with van der Waals surface area (Å²) < 4.78 is 52.9. The number of halogens is 4. The van der Waals surface area contributed by atoms with Gasteiger partial charge in [0.25, 0.3) is 0 Å². The molecule has 0 spiro atoms. The second kappa shape index (κ2) is 8.42. The molecule has 0 radical (unpaired) electrons. The number of sulfone groups is 1. The Morgan fingerprint density at radius 2 is 1.57 bits per heavy atom. The summed E-state index contributed by atoms with van der Waals surface area (Å²) in [6.07, 6.45) is 0.853. The standard InChI is InChI=1S/C20H16Cl2F2N2O2S2/c21-13-7-14(22)9-18(8-13)30(27,28)17-1-3-26(4-2-17)20-25-19(11-29-20)12-5-15(23)10-16(24)6-12/h5-11,17H,1-4H2. The number of hydrogen-bond donors (Lipinski definition) is 0. The third-order valence-electron chi connectivity index (χ3n) is 4.97. The van der Waals surface area contributed by atoms with Crippen LogP contribution in [0.4, 0.5) is 13.9 Å². The summed E-state index contributed by atoms with van der Waals surface area (Å²) in [5, 5.41) is 2.45. The van der Waals surface area contributed by atoms with Gasteiger partial charge in [0.1, 0.15) is 11.6 Å². The zero-order valence-corrected chi connectivity index (χ0v) is 18.6. The molecule has 0 unspecified atom stereocenters. The monoisotopic (exact) mass is 488 g/mol. The van der Waals surface area contributed by atoms with Crippen LogP contribution in [0.1, 0.15) is 12.8 Å². The number of anilines is 1. The van der Waals surface area contributed by atoms with Gasteiger partial charge in [0.05, 0.1) is 15.8 Å². The van der Waals surface area contributed by atoms with Gasteiger partial charge in [-0.15, -0.1) is 11.3 Å². The highest BCUT2D eigenvalue weighted by Crippen LogP contribution is 2.33. The van der Waals surface area contributed by atoms with Crippen LogP contribution in [-0.2, 0) is 9.84 Å². The minimum Gasteiger partial charge on any atom is -0.348 e. The average molecular weight is 489 g/mol. The van der Waals surface area contributed by atoms with Crippen molar-refractivity contribution in [3.8, 4) is 11.3 Å². The van der Waals surface area contributed by atoms with Crippen LogP contribution in [-0.4, -0.2) is 31.7 Å². The summed E-state index contributed by atoms with van der Waals surface area (Å²) in [6.45, 7) is 1.01. The molecule has 1 aliphatic heterocycles. The summed E-state index contributed by atoms with van der Waals surface area (Å²) in [5.41, 5.74) is 0.849. The maximum Gasteiger partial charge on any atom is 0.185 e. The predicted molar refractivity (Wildman–Crippen MR) is 116 cm³/mol. The molecular weight excluding hydrogens is 473 g/mol. The number of benzene rings is 2. The van der Waals surface area contributed by atoms with Crippen molar-refractivity contribution in [1.82, 2.24) is 4.98 Å². The van der Waals surface area contributed by atoms with Gasteiger partial charge < -0.3 is 4.90 Å². The molecule has 0 bridgehead atoms. The molecule has 1 saturated heterocycles. The van der Waals surface area contributed by atoms with E-state index in [1.165, 1.54) is 41.7 Å².